The van der Waals surface area contributed by atoms with Crippen molar-refractivity contribution >= 4 is 27.5 Å². The van der Waals surface area contributed by atoms with E-state index in [-0.39, 0.29) is 11.6 Å². The van der Waals surface area contributed by atoms with Gasteiger partial charge in [-0.3, -0.25) is 0 Å². The topological polar surface area (TPSA) is 0 Å². The highest BCUT2D eigenvalue weighted by atomic mass is 79.9. The van der Waals surface area contributed by atoms with E-state index in [1.807, 2.05) is 0 Å². The predicted molar refractivity (Wildman–Crippen MR) is 72.8 cm³/mol. The van der Waals surface area contributed by atoms with Crippen LogP contribution in [0.3, 0.4) is 0 Å². The molecule has 1 atom stereocenters. The molecule has 4 heteroatoms. The minimum atomic E-state index is -0.514. The summed E-state index contributed by atoms with van der Waals surface area (Å²) in [4.78, 5) is 0. The van der Waals surface area contributed by atoms with E-state index in [9.17, 15) is 8.78 Å². The van der Waals surface area contributed by atoms with E-state index in [1.165, 1.54) is 18.2 Å². The lowest BCUT2D eigenvalue weighted by atomic mass is 10.0. The summed E-state index contributed by atoms with van der Waals surface area (Å²) in [7, 11) is 0. The SMILES string of the molecule is Fc1cccc(CC(Cl)c2ccc(Br)cc2F)c1. The Hall–Kier alpha value is -0.930. The Labute approximate surface area is 118 Å². The maximum Gasteiger partial charge on any atom is 0.129 e. The van der Waals surface area contributed by atoms with Gasteiger partial charge < -0.3 is 0 Å². The summed E-state index contributed by atoms with van der Waals surface area (Å²) in [6.07, 6.45) is 0.387. The Morgan fingerprint density at radius 2 is 1.89 bits per heavy atom. The largest absolute Gasteiger partial charge is 0.207 e. The van der Waals surface area contributed by atoms with Gasteiger partial charge >= 0.3 is 0 Å². The fourth-order valence-corrected chi connectivity index (χ4v) is 2.42. The number of hydrogen-bond acceptors (Lipinski definition) is 0. The van der Waals surface area contributed by atoms with E-state index in [0.717, 1.165) is 5.56 Å². The molecule has 0 aromatic heterocycles. The molecule has 0 aliphatic rings. The lowest BCUT2D eigenvalue weighted by Gasteiger charge is -2.11. The second kappa shape index (κ2) is 5.81. The molecule has 94 valence electrons. The third kappa shape index (κ3) is 3.30. The molecule has 0 amide bonds. The van der Waals surface area contributed by atoms with Gasteiger partial charge in [-0.25, -0.2) is 8.78 Å². The van der Waals surface area contributed by atoms with Gasteiger partial charge in [0.15, 0.2) is 0 Å². The molecule has 0 saturated carbocycles. The van der Waals surface area contributed by atoms with Crippen molar-refractivity contribution in [3.8, 4) is 0 Å². The van der Waals surface area contributed by atoms with Crippen LogP contribution < -0.4 is 0 Å². The van der Waals surface area contributed by atoms with E-state index in [4.69, 9.17) is 11.6 Å². The Kier molecular flexibility index (Phi) is 4.36. The van der Waals surface area contributed by atoms with Crippen LogP contribution in [0.15, 0.2) is 46.9 Å². The fraction of sp³-hybridized carbons (Fsp3) is 0.143. The lowest BCUT2D eigenvalue weighted by Crippen LogP contribution is -1.99. The van der Waals surface area contributed by atoms with Crippen LogP contribution in [0.25, 0.3) is 0 Å². The Bertz CT molecular complexity index is 557. The van der Waals surface area contributed by atoms with Crippen LogP contribution in [0.1, 0.15) is 16.5 Å². The molecular formula is C14H10BrClF2. The maximum atomic E-state index is 13.7. The van der Waals surface area contributed by atoms with Gasteiger partial charge in [0.25, 0.3) is 0 Å². The zero-order valence-corrected chi connectivity index (χ0v) is 11.7. The predicted octanol–water partition coefficient (Wildman–Crippen LogP) is 5.25. The zero-order chi connectivity index (χ0) is 13.1. The molecule has 0 aliphatic heterocycles. The van der Waals surface area contributed by atoms with Crippen molar-refractivity contribution in [2.24, 2.45) is 0 Å². The first kappa shape index (κ1) is 13.5. The van der Waals surface area contributed by atoms with E-state index >= 15 is 0 Å². The highest BCUT2D eigenvalue weighted by molar-refractivity contribution is 9.10. The Balaban J connectivity index is 2.19. The molecule has 2 aromatic carbocycles. The molecule has 0 fully saturated rings. The quantitative estimate of drug-likeness (QED) is 0.674. The average molecular weight is 332 g/mol. The van der Waals surface area contributed by atoms with Gasteiger partial charge in [-0.2, -0.15) is 0 Å². The normalized spacial score (nSPS) is 12.4. The number of benzene rings is 2. The van der Waals surface area contributed by atoms with Crippen LogP contribution in [0.2, 0.25) is 0 Å². The smallest absolute Gasteiger partial charge is 0.129 e. The van der Waals surface area contributed by atoms with Crippen LogP contribution in [-0.2, 0) is 6.42 Å². The molecule has 0 nitrogen and oxygen atoms in total. The zero-order valence-electron chi connectivity index (χ0n) is 9.34. The van der Waals surface area contributed by atoms with Crippen LogP contribution in [0.4, 0.5) is 8.78 Å². The van der Waals surface area contributed by atoms with Gasteiger partial charge in [-0.15, -0.1) is 11.6 Å². The van der Waals surface area contributed by atoms with Crippen molar-refractivity contribution in [2.45, 2.75) is 11.8 Å². The third-order valence-corrected chi connectivity index (χ3v) is 3.49. The van der Waals surface area contributed by atoms with Gasteiger partial charge in [0.05, 0.1) is 5.38 Å². The summed E-state index contributed by atoms with van der Waals surface area (Å²) in [5.41, 5.74) is 1.17. The summed E-state index contributed by atoms with van der Waals surface area (Å²) in [6, 6.07) is 10.9. The van der Waals surface area contributed by atoms with Gasteiger partial charge in [0.1, 0.15) is 11.6 Å². The Morgan fingerprint density at radius 1 is 1.11 bits per heavy atom. The summed E-state index contributed by atoms with van der Waals surface area (Å²) in [5, 5.41) is -0.514. The minimum absolute atomic E-state index is 0.312. The molecule has 0 spiro atoms. The first-order valence-corrected chi connectivity index (χ1v) is 6.62. The van der Waals surface area contributed by atoms with E-state index in [1.54, 1.807) is 24.3 Å². The molecule has 0 aliphatic carbocycles. The Morgan fingerprint density at radius 3 is 2.56 bits per heavy atom. The first-order chi connectivity index (χ1) is 8.56. The van der Waals surface area contributed by atoms with Crippen molar-refractivity contribution in [1.82, 2.24) is 0 Å². The second-order valence-electron chi connectivity index (χ2n) is 3.97. The van der Waals surface area contributed by atoms with Crippen LogP contribution in [-0.4, -0.2) is 0 Å². The molecule has 0 bridgehead atoms. The fourth-order valence-electron chi connectivity index (χ4n) is 1.74. The lowest BCUT2D eigenvalue weighted by molar-refractivity contribution is 0.603. The third-order valence-electron chi connectivity index (χ3n) is 2.60. The highest BCUT2D eigenvalue weighted by Gasteiger charge is 2.14. The monoisotopic (exact) mass is 330 g/mol. The molecular weight excluding hydrogens is 322 g/mol. The number of rotatable bonds is 3. The molecule has 18 heavy (non-hydrogen) atoms. The van der Waals surface area contributed by atoms with E-state index < -0.39 is 5.38 Å². The van der Waals surface area contributed by atoms with Crippen molar-refractivity contribution in [1.29, 1.82) is 0 Å². The summed E-state index contributed by atoms with van der Waals surface area (Å²) >= 11 is 9.36. The maximum absolute atomic E-state index is 13.7. The number of alkyl halides is 1. The van der Waals surface area contributed by atoms with Crippen LogP contribution in [0.5, 0.6) is 0 Å². The molecule has 1 unspecified atom stereocenters. The molecule has 0 heterocycles. The highest BCUT2D eigenvalue weighted by Crippen LogP contribution is 2.29. The molecule has 0 saturated heterocycles. The van der Waals surface area contributed by atoms with Crippen LogP contribution in [0, 0.1) is 11.6 Å². The van der Waals surface area contributed by atoms with E-state index in [2.05, 4.69) is 15.9 Å². The first-order valence-electron chi connectivity index (χ1n) is 5.40. The van der Waals surface area contributed by atoms with Crippen molar-refractivity contribution in [2.75, 3.05) is 0 Å². The summed E-state index contributed by atoms with van der Waals surface area (Å²) < 4.78 is 27.4. The molecule has 0 N–H and O–H groups in total. The van der Waals surface area contributed by atoms with Gasteiger partial charge in [0.2, 0.25) is 0 Å². The minimum Gasteiger partial charge on any atom is -0.207 e. The van der Waals surface area contributed by atoms with Crippen LogP contribution >= 0.6 is 27.5 Å². The molecule has 2 aromatic rings. The second-order valence-corrected chi connectivity index (χ2v) is 5.41. The van der Waals surface area contributed by atoms with Gasteiger partial charge in [-0.05, 0) is 36.2 Å². The van der Waals surface area contributed by atoms with Gasteiger partial charge in [-0.1, -0.05) is 34.1 Å². The van der Waals surface area contributed by atoms with Crippen molar-refractivity contribution in [3.05, 3.63) is 69.7 Å². The van der Waals surface area contributed by atoms with E-state index in [0.29, 0.717) is 16.5 Å². The summed E-state index contributed by atoms with van der Waals surface area (Å²) in [6.45, 7) is 0. The molecule has 0 radical (unpaired) electrons. The standard InChI is InChI=1S/C14H10BrClF2/c15-10-4-5-12(14(18)8-10)13(16)7-9-2-1-3-11(17)6-9/h1-6,8,13H,7H2. The van der Waals surface area contributed by atoms with Crippen molar-refractivity contribution in [3.63, 3.8) is 0 Å². The van der Waals surface area contributed by atoms with Gasteiger partial charge in [0, 0.05) is 10.0 Å². The molecule has 2 rings (SSSR count). The number of halogens is 4. The average Bonchev–Trinajstić information content (AvgIpc) is 2.28. The van der Waals surface area contributed by atoms with Crippen molar-refractivity contribution < 1.29 is 8.78 Å². The summed E-state index contributed by atoms with van der Waals surface area (Å²) in [5.74, 6) is -0.673. The number of hydrogen-bond donors (Lipinski definition) is 0.